The summed E-state index contributed by atoms with van der Waals surface area (Å²) >= 11 is 1.22. The minimum atomic E-state index is -3.84. The number of hydrogen-bond donors (Lipinski definition) is 1. The largest absolute Gasteiger partial charge is 0.370 e. The van der Waals surface area contributed by atoms with Crippen LogP contribution in [0.3, 0.4) is 0 Å². The van der Waals surface area contributed by atoms with Crippen molar-refractivity contribution in [2.24, 2.45) is 4.40 Å². The first kappa shape index (κ1) is 17.0. The number of benzene rings is 2. The highest BCUT2D eigenvalue weighted by Crippen LogP contribution is 2.36. The fraction of sp³-hybridized carbons (Fsp3) is 0.235. The van der Waals surface area contributed by atoms with Crippen LogP contribution in [0, 0.1) is 6.92 Å². The first-order chi connectivity index (χ1) is 11.3. The van der Waals surface area contributed by atoms with E-state index in [0.717, 1.165) is 5.56 Å². The van der Waals surface area contributed by atoms with Gasteiger partial charge in [0, 0.05) is 11.4 Å². The summed E-state index contributed by atoms with van der Waals surface area (Å²) in [7, 11) is -3.84. The molecule has 5 nitrogen and oxygen atoms in total. The Morgan fingerprint density at radius 1 is 1.12 bits per heavy atom. The zero-order valence-electron chi connectivity index (χ0n) is 13.4. The van der Waals surface area contributed by atoms with Gasteiger partial charge in [-0.2, -0.15) is 8.42 Å². The van der Waals surface area contributed by atoms with Crippen LogP contribution in [0.1, 0.15) is 12.5 Å². The van der Waals surface area contributed by atoms with Crippen molar-refractivity contribution in [3.8, 4) is 0 Å². The van der Waals surface area contributed by atoms with Crippen molar-refractivity contribution < 1.29 is 13.5 Å². The summed E-state index contributed by atoms with van der Waals surface area (Å²) in [6.07, 6.45) is 0. The lowest BCUT2D eigenvalue weighted by atomic mass is 10.2. The smallest absolute Gasteiger partial charge is 0.284 e. The molecule has 2 aromatic carbocycles. The molecule has 1 N–H and O–H groups in total. The molecule has 3 rings (SSSR count). The monoisotopic (exact) mass is 362 g/mol. The van der Waals surface area contributed by atoms with Gasteiger partial charge in [-0.15, -0.1) is 4.40 Å². The van der Waals surface area contributed by atoms with Gasteiger partial charge in [0.2, 0.25) is 0 Å². The Balaban J connectivity index is 2.03. The van der Waals surface area contributed by atoms with E-state index in [1.54, 1.807) is 36.1 Å². The van der Waals surface area contributed by atoms with E-state index in [1.807, 2.05) is 37.3 Å². The van der Waals surface area contributed by atoms with Gasteiger partial charge >= 0.3 is 0 Å². The van der Waals surface area contributed by atoms with E-state index < -0.39 is 15.7 Å². The molecule has 1 aliphatic rings. The van der Waals surface area contributed by atoms with Crippen LogP contribution in [0.4, 0.5) is 5.69 Å². The molecule has 2 aromatic rings. The van der Waals surface area contributed by atoms with E-state index in [0.29, 0.717) is 11.4 Å². The highest BCUT2D eigenvalue weighted by molar-refractivity contribution is 8.15. The molecular formula is C17H18N2O3S2. The van der Waals surface area contributed by atoms with Gasteiger partial charge in [-0.05, 0) is 38.1 Å². The molecule has 1 aliphatic heterocycles. The van der Waals surface area contributed by atoms with E-state index in [1.165, 1.54) is 11.8 Å². The first-order valence-electron chi connectivity index (χ1n) is 7.42. The average molecular weight is 362 g/mol. The van der Waals surface area contributed by atoms with Gasteiger partial charge in [0.15, 0.2) is 10.9 Å². The summed E-state index contributed by atoms with van der Waals surface area (Å²) < 4.78 is 29.1. The van der Waals surface area contributed by atoms with E-state index in [9.17, 15) is 13.5 Å². The zero-order chi connectivity index (χ0) is 17.4. The summed E-state index contributed by atoms with van der Waals surface area (Å²) in [5.41, 5.74) is 0.476. The lowest BCUT2D eigenvalue weighted by Crippen LogP contribution is -2.45. The number of thioether (sulfide) groups is 1. The summed E-state index contributed by atoms with van der Waals surface area (Å²) in [5, 5.41) is 10.9. The zero-order valence-corrected chi connectivity index (χ0v) is 15.0. The minimum absolute atomic E-state index is 0.140. The number of anilines is 1. The van der Waals surface area contributed by atoms with Crippen molar-refractivity contribution in [3.05, 3.63) is 60.2 Å². The van der Waals surface area contributed by atoms with Crippen LogP contribution in [0.2, 0.25) is 0 Å². The lowest BCUT2D eigenvalue weighted by molar-refractivity contribution is 0.0997. The number of aliphatic hydroxyl groups is 1. The Labute approximate surface area is 146 Å². The molecule has 0 bridgehead atoms. The van der Waals surface area contributed by atoms with Crippen LogP contribution in [-0.4, -0.2) is 30.2 Å². The Morgan fingerprint density at radius 2 is 1.75 bits per heavy atom. The molecular weight excluding hydrogens is 344 g/mol. The van der Waals surface area contributed by atoms with Gasteiger partial charge in [-0.25, -0.2) is 0 Å². The summed E-state index contributed by atoms with van der Waals surface area (Å²) in [4.78, 5) is 1.70. The maximum absolute atomic E-state index is 12.6. The minimum Gasteiger partial charge on any atom is -0.370 e. The SMILES string of the molecule is Cc1ccc(S(=O)(=O)N=C2SC[C@@](C)(O)N2c2ccccc2)cc1. The Hall–Kier alpha value is -1.83. The number of sulfonamides is 1. The van der Waals surface area contributed by atoms with Gasteiger partial charge < -0.3 is 5.11 Å². The van der Waals surface area contributed by atoms with Crippen molar-refractivity contribution in [2.45, 2.75) is 24.5 Å². The molecule has 0 aromatic heterocycles. The second kappa shape index (κ2) is 6.23. The van der Waals surface area contributed by atoms with Crippen LogP contribution in [0.15, 0.2) is 63.9 Å². The van der Waals surface area contributed by atoms with Crippen molar-refractivity contribution in [2.75, 3.05) is 10.7 Å². The Kier molecular flexibility index (Phi) is 4.42. The average Bonchev–Trinajstić information content (AvgIpc) is 2.82. The number of aryl methyl sites for hydroxylation is 1. The summed E-state index contributed by atoms with van der Waals surface area (Å²) in [6.45, 7) is 3.54. The number of para-hydroxylation sites is 1. The van der Waals surface area contributed by atoms with Crippen molar-refractivity contribution in [1.82, 2.24) is 0 Å². The highest BCUT2D eigenvalue weighted by atomic mass is 32.2. The topological polar surface area (TPSA) is 70.0 Å². The number of rotatable bonds is 3. The van der Waals surface area contributed by atoms with Gasteiger partial charge in [0.25, 0.3) is 10.0 Å². The normalized spacial score (nSPS) is 23.0. The maximum atomic E-state index is 12.6. The van der Waals surface area contributed by atoms with Gasteiger partial charge in [-0.1, -0.05) is 47.7 Å². The molecule has 0 radical (unpaired) electrons. The number of amidine groups is 1. The number of nitrogens with zero attached hydrogens (tertiary/aromatic N) is 2. The molecule has 1 heterocycles. The summed E-state index contributed by atoms with van der Waals surface area (Å²) in [5.74, 6) is 0.337. The van der Waals surface area contributed by atoms with Crippen LogP contribution < -0.4 is 4.90 Å². The van der Waals surface area contributed by atoms with Gasteiger partial charge in [-0.3, -0.25) is 4.90 Å². The van der Waals surface area contributed by atoms with Gasteiger partial charge in [0.05, 0.1) is 4.90 Å². The molecule has 0 saturated carbocycles. The molecule has 0 amide bonds. The third kappa shape index (κ3) is 3.33. The predicted octanol–water partition coefficient (Wildman–Crippen LogP) is 3.00. The van der Waals surface area contributed by atoms with E-state index >= 15 is 0 Å². The lowest BCUT2D eigenvalue weighted by Gasteiger charge is -2.30. The van der Waals surface area contributed by atoms with E-state index in [2.05, 4.69) is 4.40 Å². The fourth-order valence-electron chi connectivity index (χ4n) is 2.43. The standard InChI is InChI=1S/C17H18N2O3S2/c1-13-8-10-15(11-9-13)24(21,22)18-16-19(17(2,20)12-23-16)14-6-4-3-5-7-14/h3-11,20H,12H2,1-2H3/t17-/m1/s1. The van der Waals surface area contributed by atoms with E-state index in [4.69, 9.17) is 0 Å². The first-order valence-corrected chi connectivity index (χ1v) is 9.84. The molecule has 0 aliphatic carbocycles. The molecule has 7 heteroatoms. The molecule has 0 unspecified atom stereocenters. The second-order valence-electron chi connectivity index (χ2n) is 5.84. The van der Waals surface area contributed by atoms with Crippen molar-refractivity contribution in [3.63, 3.8) is 0 Å². The molecule has 1 saturated heterocycles. The molecule has 1 atom stereocenters. The highest BCUT2D eigenvalue weighted by Gasteiger charge is 2.41. The molecule has 1 fully saturated rings. The fourth-order valence-corrected chi connectivity index (χ4v) is 4.78. The van der Waals surface area contributed by atoms with Crippen molar-refractivity contribution in [1.29, 1.82) is 0 Å². The van der Waals surface area contributed by atoms with Gasteiger partial charge in [0.1, 0.15) is 0 Å². The quantitative estimate of drug-likeness (QED) is 0.909. The maximum Gasteiger partial charge on any atom is 0.284 e. The summed E-state index contributed by atoms with van der Waals surface area (Å²) in [6, 6.07) is 15.7. The van der Waals surface area contributed by atoms with Crippen LogP contribution in [0.5, 0.6) is 0 Å². The molecule has 0 spiro atoms. The van der Waals surface area contributed by atoms with Crippen molar-refractivity contribution >= 4 is 32.6 Å². The van der Waals surface area contributed by atoms with Crippen LogP contribution in [-0.2, 0) is 10.0 Å². The third-order valence-electron chi connectivity index (χ3n) is 3.68. The Morgan fingerprint density at radius 3 is 2.38 bits per heavy atom. The predicted molar refractivity (Wildman–Crippen MR) is 97.8 cm³/mol. The number of hydrogen-bond acceptors (Lipinski definition) is 4. The Bertz CT molecular complexity index is 860. The van der Waals surface area contributed by atoms with Crippen LogP contribution >= 0.6 is 11.8 Å². The van der Waals surface area contributed by atoms with Crippen LogP contribution in [0.25, 0.3) is 0 Å². The van der Waals surface area contributed by atoms with E-state index in [-0.39, 0.29) is 10.1 Å². The second-order valence-corrected chi connectivity index (χ2v) is 8.39. The molecule has 126 valence electrons. The third-order valence-corrected chi connectivity index (χ3v) is 6.30. The molecule has 24 heavy (non-hydrogen) atoms.